The number of aromatic nitrogens is 3. The highest BCUT2D eigenvalue weighted by molar-refractivity contribution is 14.1. The number of aromatic amines is 1. The summed E-state index contributed by atoms with van der Waals surface area (Å²) in [4.78, 5) is 22.1. The smallest absolute Gasteiger partial charge is 0.264 e. The Morgan fingerprint density at radius 1 is 1.40 bits per heavy atom. The maximum absolute atomic E-state index is 11.4. The predicted octanol–water partition coefficient (Wildman–Crippen LogP) is 2.09. The lowest BCUT2D eigenvalue weighted by Crippen LogP contribution is -2.11. The first kappa shape index (κ1) is 10.6. The molecule has 15 heavy (non-hydrogen) atoms. The van der Waals surface area contributed by atoms with Gasteiger partial charge in [0.25, 0.3) is 5.56 Å². The number of hydrogen-bond donors (Lipinski definition) is 1. The molecule has 0 amide bonds. The largest absolute Gasteiger partial charge is 0.304 e. The maximum atomic E-state index is 11.4. The van der Waals surface area contributed by atoms with Gasteiger partial charge in [-0.1, -0.05) is 11.6 Å². The molecular weight excluding hydrogens is 328 g/mol. The molecule has 0 aliphatic heterocycles. The van der Waals surface area contributed by atoms with Crippen LogP contribution in [0.1, 0.15) is 0 Å². The molecule has 2 heterocycles. The second-order valence-corrected chi connectivity index (χ2v) is 4.31. The highest BCUT2D eigenvalue weighted by Crippen LogP contribution is 2.20. The number of halogens is 2. The van der Waals surface area contributed by atoms with Crippen molar-refractivity contribution in [2.75, 3.05) is 0 Å². The van der Waals surface area contributed by atoms with Gasteiger partial charge in [-0.05, 0) is 34.7 Å². The van der Waals surface area contributed by atoms with E-state index in [4.69, 9.17) is 11.6 Å². The average Bonchev–Trinajstić information content (AvgIpc) is 2.23. The Kier molecular flexibility index (Phi) is 3.01. The van der Waals surface area contributed by atoms with E-state index in [2.05, 4.69) is 15.0 Å². The highest BCUT2D eigenvalue weighted by Gasteiger charge is 2.07. The second-order valence-electron chi connectivity index (χ2n) is 2.74. The Bertz CT molecular complexity index is 555. The van der Waals surface area contributed by atoms with E-state index in [-0.39, 0.29) is 5.56 Å². The minimum absolute atomic E-state index is 0.192. The zero-order chi connectivity index (χ0) is 10.8. The van der Waals surface area contributed by atoms with Gasteiger partial charge in [0.05, 0.1) is 8.59 Å². The summed E-state index contributed by atoms with van der Waals surface area (Å²) < 4.78 is 0.531. The lowest BCUT2D eigenvalue weighted by molar-refractivity contribution is 1.08. The van der Waals surface area contributed by atoms with E-state index in [1.807, 2.05) is 22.6 Å². The van der Waals surface area contributed by atoms with Crippen LogP contribution in [0.5, 0.6) is 0 Å². The monoisotopic (exact) mass is 333 g/mol. The van der Waals surface area contributed by atoms with Gasteiger partial charge in [-0.15, -0.1) is 0 Å². The number of H-pyrrole nitrogens is 1. The number of nitrogens with one attached hydrogen (secondary N) is 1. The highest BCUT2D eigenvalue weighted by atomic mass is 127. The van der Waals surface area contributed by atoms with E-state index in [1.165, 1.54) is 6.20 Å². The predicted molar refractivity (Wildman–Crippen MR) is 65.8 cm³/mol. The summed E-state index contributed by atoms with van der Waals surface area (Å²) in [5.41, 5.74) is 0.287. The summed E-state index contributed by atoms with van der Waals surface area (Å²) in [6.07, 6.45) is 3.08. The van der Waals surface area contributed by atoms with Crippen LogP contribution in [-0.2, 0) is 0 Å². The average molecular weight is 334 g/mol. The Balaban J connectivity index is 2.60. The third-order valence-electron chi connectivity index (χ3n) is 1.74. The molecule has 0 fully saturated rings. The van der Waals surface area contributed by atoms with Gasteiger partial charge in [-0.2, -0.15) is 0 Å². The standard InChI is InChI=1S/C9H5ClIN3O/c10-5-2-1-3-12-7(5)8-13-4-6(11)9(15)14-8/h1-4H,(H,13,14,15). The van der Waals surface area contributed by atoms with Crippen molar-refractivity contribution in [3.63, 3.8) is 0 Å². The van der Waals surface area contributed by atoms with Crippen molar-refractivity contribution in [3.05, 3.63) is 43.5 Å². The van der Waals surface area contributed by atoms with E-state index < -0.39 is 0 Å². The van der Waals surface area contributed by atoms with Crippen molar-refractivity contribution in [3.8, 4) is 11.5 Å². The summed E-state index contributed by atoms with van der Waals surface area (Å²) in [6.45, 7) is 0. The Morgan fingerprint density at radius 2 is 2.20 bits per heavy atom. The van der Waals surface area contributed by atoms with Crippen molar-refractivity contribution < 1.29 is 0 Å². The number of nitrogens with zero attached hydrogens (tertiary/aromatic N) is 2. The van der Waals surface area contributed by atoms with Crippen molar-refractivity contribution >= 4 is 34.2 Å². The van der Waals surface area contributed by atoms with Gasteiger partial charge in [0.15, 0.2) is 5.82 Å². The van der Waals surface area contributed by atoms with E-state index >= 15 is 0 Å². The second kappa shape index (κ2) is 4.28. The van der Waals surface area contributed by atoms with E-state index in [9.17, 15) is 4.79 Å². The molecule has 2 rings (SSSR count). The molecule has 1 N–H and O–H groups in total. The van der Waals surface area contributed by atoms with Crippen LogP contribution < -0.4 is 5.56 Å². The van der Waals surface area contributed by atoms with Crippen molar-refractivity contribution in [1.82, 2.24) is 15.0 Å². The number of hydrogen-bond acceptors (Lipinski definition) is 3. The maximum Gasteiger partial charge on any atom is 0.264 e. The van der Waals surface area contributed by atoms with Gasteiger partial charge >= 0.3 is 0 Å². The molecule has 0 saturated heterocycles. The van der Waals surface area contributed by atoms with Crippen LogP contribution in [0.25, 0.3) is 11.5 Å². The van der Waals surface area contributed by atoms with Gasteiger partial charge in [0, 0.05) is 12.4 Å². The quantitative estimate of drug-likeness (QED) is 0.813. The molecule has 4 nitrogen and oxygen atoms in total. The van der Waals surface area contributed by atoms with Crippen LogP contribution in [-0.4, -0.2) is 15.0 Å². The lowest BCUT2D eigenvalue weighted by Gasteiger charge is -2.01. The third-order valence-corrected chi connectivity index (χ3v) is 2.81. The first-order valence-electron chi connectivity index (χ1n) is 4.04. The fourth-order valence-electron chi connectivity index (χ4n) is 1.06. The molecular formula is C9H5ClIN3O. The molecule has 0 aliphatic rings. The summed E-state index contributed by atoms with van der Waals surface area (Å²) >= 11 is 7.83. The Hall–Kier alpha value is -0.950. The van der Waals surface area contributed by atoms with Gasteiger partial charge in [0.1, 0.15) is 5.69 Å². The molecule has 0 saturated carbocycles. The topological polar surface area (TPSA) is 58.6 Å². The Labute approximate surface area is 104 Å². The minimum Gasteiger partial charge on any atom is -0.304 e. The molecule has 0 bridgehead atoms. The first-order valence-corrected chi connectivity index (χ1v) is 5.50. The zero-order valence-corrected chi connectivity index (χ0v) is 10.3. The van der Waals surface area contributed by atoms with Crippen LogP contribution in [0.2, 0.25) is 5.02 Å². The first-order chi connectivity index (χ1) is 7.18. The molecule has 0 spiro atoms. The fourth-order valence-corrected chi connectivity index (χ4v) is 1.54. The normalized spacial score (nSPS) is 10.3. The molecule has 0 radical (unpaired) electrons. The summed E-state index contributed by atoms with van der Waals surface area (Å²) in [6, 6.07) is 3.42. The van der Waals surface area contributed by atoms with Crippen molar-refractivity contribution in [2.45, 2.75) is 0 Å². The zero-order valence-electron chi connectivity index (χ0n) is 7.37. The molecule has 2 aromatic rings. The van der Waals surface area contributed by atoms with Gasteiger partial charge in [0.2, 0.25) is 0 Å². The molecule has 2 aromatic heterocycles. The Morgan fingerprint density at radius 3 is 2.87 bits per heavy atom. The molecule has 0 atom stereocenters. The molecule has 76 valence electrons. The molecule has 0 aromatic carbocycles. The molecule has 6 heteroatoms. The van der Waals surface area contributed by atoms with Crippen LogP contribution in [0.4, 0.5) is 0 Å². The lowest BCUT2D eigenvalue weighted by atomic mass is 10.3. The summed E-state index contributed by atoms with van der Waals surface area (Å²) in [7, 11) is 0. The summed E-state index contributed by atoms with van der Waals surface area (Å²) in [5.74, 6) is 0.381. The number of pyridine rings is 1. The summed E-state index contributed by atoms with van der Waals surface area (Å²) in [5, 5.41) is 0.460. The third kappa shape index (κ3) is 2.18. The van der Waals surface area contributed by atoms with Crippen LogP contribution >= 0.6 is 34.2 Å². The minimum atomic E-state index is -0.192. The van der Waals surface area contributed by atoms with Gasteiger partial charge < -0.3 is 4.98 Å². The fraction of sp³-hybridized carbons (Fsp3) is 0. The molecule has 0 aliphatic carbocycles. The van der Waals surface area contributed by atoms with Gasteiger partial charge in [-0.25, -0.2) is 4.98 Å². The van der Waals surface area contributed by atoms with Crippen LogP contribution in [0.15, 0.2) is 29.3 Å². The van der Waals surface area contributed by atoms with E-state index in [1.54, 1.807) is 18.3 Å². The van der Waals surface area contributed by atoms with Crippen LogP contribution in [0.3, 0.4) is 0 Å². The number of rotatable bonds is 1. The SMILES string of the molecule is O=c1[nH]c(-c2ncccc2Cl)ncc1I. The molecule has 0 unspecified atom stereocenters. The van der Waals surface area contributed by atoms with Crippen LogP contribution in [0, 0.1) is 3.57 Å². The van der Waals surface area contributed by atoms with E-state index in [0.717, 1.165) is 0 Å². The van der Waals surface area contributed by atoms with Crippen molar-refractivity contribution in [2.24, 2.45) is 0 Å². The van der Waals surface area contributed by atoms with Crippen molar-refractivity contribution in [1.29, 1.82) is 0 Å². The van der Waals surface area contributed by atoms with E-state index in [0.29, 0.717) is 20.1 Å². The van der Waals surface area contributed by atoms with Gasteiger partial charge in [-0.3, -0.25) is 9.78 Å².